The number of rotatable bonds is 5. The van der Waals surface area contributed by atoms with Gasteiger partial charge in [0.2, 0.25) is 0 Å². The molecule has 1 rings (SSSR count). The van der Waals surface area contributed by atoms with Gasteiger partial charge >= 0.3 is 0 Å². The average molecular weight is 220 g/mol. The molecule has 0 aromatic heterocycles. The Morgan fingerprint density at radius 2 is 2.00 bits per heavy atom. The first kappa shape index (κ1) is 11.6. The molecule has 1 fully saturated rings. The summed E-state index contributed by atoms with van der Waals surface area (Å²) in [4.78, 5) is 0. The minimum Gasteiger partial charge on any atom is -0.312 e. The third kappa shape index (κ3) is 4.52. The summed E-state index contributed by atoms with van der Waals surface area (Å²) in [5.41, 5.74) is 0. The van der Waals surface area contributed by atoms with Crippen LogP contribution in [0.15, 0.2) is 0 Å². The molecule has 0 heterocycles. The molecule has 13 heavy (non-hydrogen) atoms. The summed E-state index contributed by atoms with van der Waals surface area (Å²) in [6.45, 7) is 3.06. The fourth-order valence-electron chi connectivity index (χ4n) is 1.64. The van der Waals surface area contributed by atoms with E-state index >= 15 is 0 Å². The molecule has 0 amide bonds. The Bertz CT molecular complexity index is 153. The van der Waals surface area contributed by atoms with Gasteiger partial charge in [-0.1, -0.05) is 32.6 Å². The smallest absolute Gasteiger partial charge is 0.0617 e. The summed E-state index contributed by atoms with van der Waals surface area (Å²) in [5.74, 6) is 0. The zero-order valence-corrected chi connectivity index (χ0v) is 10.1. The Hall–Kier alpha value is 0.530. The molecule has 0 N–H and O–H groups in total. The van der Waals surface area contributed by atoms with Crippen LogP contribution in [0, 0.1) is 0 Å². The minimum atomic E-state index is -0.175. The summed E-state index contributed by atoms with van der Waals surface area (Å²) in [6, 6.07) is 0. The van der Waals surface area contributed by atoms with E-state index in [2.05, 4.69) is 6.92 Å². The van der Waals surface area contributed by atoms with Crippen LogP contribution in [0.3, 0.4) is 0 Å². The lowest BCUT2D eigenvalue weighted by Crippen LogP contribution is -2.19. The van der Waals surface area contributed by atoms with E-state index in [0.717, 1.165) is 13.0 Å². The Kier molecular flexibility index (Phi) is 6.16. The topological polar surface area (TPSA) is 9.23 Å². The Morgan fingerprint density at radius 3 is 2.62 bits per heavy atom. The van der Waals surface area contributed by atoms with E-state index in [1.807, 2.05) is 0 Å². The fraction of sp³-hybridized carbons (Fsp3) is 1.00. The van der Waals surface area contributed by atoms with Gasteiger partial charge in [0.05, 0.1) is 6.61 Å². The third-order valence-electron chi connectivity index (χ3n) is 2.52. The molecule has 3 heteroatoms. The predicted octanol–water partition coefficient (Wildman–Crippen LogP) is 3.13. The lowest BCUT2D eigenvalue weighted by atomic mass is 10.0. The zero-order valence-electron chi connectivity index (χ0n) is 8.46. The van der Waals surface area contributed by atoms with Crippen LogP contribution in [0.25, 0.3) is 0 Å². The molecule has 78 valence electrons. The second-order valence-electron chi connectivity index (χ2n) is 3.70. The lowest BCUT2D eigenvalue weighted by molar-refractivity contribution is 0.348. The van der Waals surface area contributed by atoms with Gasteiger partial charge in [-0.3, -0.25) is 0 Å². The van der Waals surface area contributed by atoms with Gasteiger partial charge in [-0.25, -0.2) is 0 Å². The van der Waals surface area contributed by atoms with Crippen molar-refractivity contribution in [3.8, 4) is 0 Å². The van der Waals surface area contributed by atoms with E-state index in [9.17, 15) is 0 Å². The van der Waals surface area contributed by atoms with E-state index in [1.54, 1.807) is 0 Å². The zero-order chi connectivity index (χ0) is 9.52. The van der Waals surface area contributed by atoms with Gasteiger partial charge in [0.25, 0.3) is 0 Å². The summed E-state index contributed by atoms with van der Waals surface area (Å²) in [5, 5.41) is 0.695. The molecule has 0 saturated heterocycles. The van der Waals surface area contributed by atoms with E-state index in [1.165, 1.54) is 38.5 Å². The second kappa shape index (κ2) is 6.91. The molecule has 1 aliphatic rings. The Labute approximate surface area is 89.0 Å². The number of hydrogen-bond donors (Lipinski definition) is 0. The molecule has 1 atom stereocenters. The van der Waals surface area contributed by atoms with Gasteiger partial charge in [-0.05, 0) is 30.5 Å². The predicted molar refractivity (Wildman–Crippen MR) is 62.5 cm³/mol. The SMILES string of the molecule is CCCCOS(=S)C1CCCCC1. The third-order valence-corrected chi connectivity index (χ3v) is 5.04. The highest BCUT2D eigenvalue weighted by Crippen LogP contribution is 2.22. The fourth-order valence-corrected chi connectivity index (χ4v) is 3.61. The normalized spacial score (nSPS) is 21.6. The molecule has 0 aliphatic heterocycles. The van der Waals surface area contributed by atoms with Gasteiger partial charge in [-0.15, -0.1) is 0 Å². The van der Waals surface area contributed by atoms with Crippen LogP contribution in [-0.2, 0) is 25.1 Å². The Balaban J connectivity index is 2.13. The average Bonchev–Trinajstić information content (AvgIpc) is 2.19. The van der Waals surface area contributed by atoms with Crippen molar-refractivity contribution in [1.82, 2.24) is 0 Å². The first-order valence-corrected chi connectivity index (χ1v) is 7.52. The van der Waals surface area contributed by atoms with E-state index in [4.69, 9.17) is 15.4 Å². The van der Waals surface area contributed by atoms with Crippen LogP contribution in [0.2, 0.25) is 0 Å². The first-order chi connectivity index (χ1) is 6.34. The van der Waals surface area contributed by atoms with Crippen molar-refractivity contribution in [2.75, 3.05) is 6.61 Å². The van der Waals surface area contributed by atoms with Gasteiger partial charge in [-0.2, -0.15) is 0 Å². The van der Waals surface area contributed by atoms with Crippen molar-refractivity contribution in [2.45, 2.75) is 57.1 Å². The Morgan fingerprint density at radius 1 is 1.31 bits per heavy atom. The second-order valence-corrected chi connectivity index (χ2v) is 6.10. The van der Waals surface area contributed by atoms with E-state index in [0.29, 0.717) is 5.25 Å². The van der Waals surface area contributed by atoms with Gasteiger partial charge < -0.3 is 4.18 Å². The van der Waals surface area contributed by atoms with Crippen LogP contribution in [0.4, 0.5) is 0 Å². The van der Waals surface area contributed by atoms with Gasteiger partial charge in [0, 0.05) is 15.0 Å². The molecule has 1 saturated carbocycles. The maximum atomic E-state index is 5.66. The van der Waals surface area contributed by atoms with Crippen LogP contribution in [0.1, 0.15) is 51.9 Å². The number of hydrogen-bond acceptors (Lipinski definition) is 2. The highest BCUT2D eigenvalue weighted by molar-refractivity contribution is 8.26. The molecule has 0 aromatic rings. The van der Waals surface area contributed by atoms with E-state index in [-0.39, 0.29) is 9.74 Å². The van der Waals surface area contributed by atoms with Crippen molar-refractivity contribution in [1.29, 1.82) is 0 Å². The largest absolute Gasteiger partial charge is 0.312 e. The maximum absolute atomic E-state index is 5.66. The molecule has 0 radical (unpaired) electrons. The summed E-state index contributed by atoms with van der Waals surface area (Å²) >= 11 is 5.38. The minimum absolute atomic E-state index is 0.175. The quantitative estimate of drug-likeness (QED) is 0.658. The van der Waals surface area contributed by atoms with Crippen LogP contribution >= 0.6 is 0 Å². The van der Waals surface area contributed by atoms with Crippen molar-refractivity contribution in [2.24, 2.45) is 0 Å². The standard InChI is InChI=1S/C10H20OS2/c1-2-3-9-11-13(12)10-7-5-4-6-8-10/h10H,2-9H2,1H3. The number of unbranched alkanes of at least 4 members (excludes halogenated alkanes) is 1. The van der Waals surface area contributed by atoms with Crippen molar-refractivity contribution in [3.63, 3.8) is 0 Å². The molecule has 1 nitrogen and oxygen atoms in total. The highest BCUT2D eigenvalue weighted by Gasteiger charge is 2.17. The van der Waals surface area contributed by atoms with Crippen molar-refractivity contribution in [3.05, 3.63) is 0 Å². The lowest BCUT2D eigenvalue weighted by Gasteiger charge is -2.22. The summed E-state index contributed by atoms with van der Waals surface area (Å²) in [6.07, 6.45) is 9.10. The van der Waals surface area contributed by atoms with Crippen LogP contribution in [-0.4, -0.2) is 11.9 Å². The molecule has 1 unspecified atom stereocenters. The van der Waals surface area contributed by atoms with Gasteiger partial charge in [0.15, 0.2) is 0 Å². The molecule has 0 spiro atoms. The summed E-state index contributed by atoms with van der Waals surface area (Å²) in [7, 11) is -0.175. The molecule has 0 bridgehead atoms. The van der Waals surface area contributed by atoms with Crippen molar-refractivity contribution >= 4 is 20.9 Å². The first-order valence-electron chi connectivity index (χ1n) is 5.38. The van der Waals surface area contributed by atoms with Crippen molar-refractivity contribution < 1.29 is 4.18 Å². The highest BCUT2D eigenvalue weighted by atomic mass is 32.8. The maximum Gasteiger partial charge on any atom is 0.0617 e. The molecular weight excluding hydrogens is 200 g/mol. The van der Waals surface area contributed by atoms with Crippen LogP contribution in [0.5, 0.6) is 0 Å². The molecule has 0 aromatic carbocycles. The molecular formula is C10H20OS2. The summed E-state index contributed by atoms with van der Waals surface area (Å²) < 4.78 is 5.66. The molecule has 1 aliphatic carbocycles. The van der Waals surface area contributed by atoms with Gasteiger partial charge in [0.1, 0.15) is 0 Å². The van der Waals surface area contributed by atoms with Crippen LogP contribution < -0.4 is 0 Å². The van der Waals surface area contributed by atoms with E-state index < -0.39 is 0 Å². The monoisotopic (exact) mass is 220 g/mol.